The van der Waals surface area contributed by atoms with Gasteiger partial charge in [-0.1, -0.05) is 0 Å². The number of amides is 1. The number of hydrogen-bond donors (Lipinski definition) is 2. The molecule has 1 atom stereocenters. The number of carbonyl (C=O) groups is 1. The Kier molecular flexibility index (Phi) is 3.58. The zero-order valence-corrected chi connectivity index (χ0v) is 10.9. The molecule has 1 unspecified atom stereocenters. The summed E-state index contributed by atoms with van der Waals surface area (Å²) in [5, 5.41) is 15.7. The Morgan fingerprint density at radius 3 is 2.68 bits per heavy atom. The van der Waals surface area contributed by atoms with Crippen LogP contribution in [0.15, 0.2) is 6.07 Å². The minimum absolute atomic E-state index is 0.0128. The smallest absolute Gasteiger partial charge is 0.280 e. The van der Waals surface area contributed by atoms with Crippen LogP contribution in [0.3, 0.4) is 0 Å². The van der Waals surface area contributed by atoms with E-state index >= 15 is 0 Å². The first-order chi connectivity index (χ1) is 8.89. The Bertz CT molecular complexity index is 483. The van der Waals surface area contributed by atoms with Gasteiger partial charge < -0.3 is 10.4 Å². The van der Waals surface area contributed by atoms with E-state index in [9.17, 15) is 18.7 Å². The largest absolute Gasteiger partial charge is 0.396 e. The van der Waals surface area contributed by atoms with Crippen LogP contribution in [0.5, 0.6) is 0 Å². The van der Waals surface area contributed by atoms with Gasteiger partial charge in [0, 0.05) is 18.5 Å². The van der Waals surface area contributed by atoms with Crippen molar-refractivity contribution in [1.82, 2.24) is 15.1 Å². The first-order valence-corrected chi connectivity index (χ1v) is 6.13. The molecule has 2 rings (SSSR count). The molecule has 1 saturated carbocycles. The lowest BCUT2D eigenvalue weighted by atomic mass is 9.99. The van der Waals surface area contributed by atoms with E-state index in [-0.39, 0.29) is 29.5 Å². The summed E-state index contributed by atoms with van der Waals surface area (Å²) in [4.78, 5) is 11.9. The summed E-state index contributed by atoms with van der Waals surface area (Å²) in [6.45, 7) is 1.82. The molecule has 0 aliphatic heterocycles. The highest BCUT2D eigenvalue weighted by Gasteiger charge is 2.47. The van der Waals surface area contributed by atoms with E-state index in [4.69, 9.17) is 0 Å². The predicted molar refractivity (Wildman–Crippen MR) is 63.8 cm³/mol. The third-order valence-corrected chi connectivity index (χ3v) is 3.85. The van der Waals surface area contributed by atoms with Crippen molar-refractivity contribution in [1.29, 1.82) is 0 Å². The number of rotatable bonds is 5. The van der Waals surface area contributed by atoms with Gasteiger partial charge in [0.05, 0.1) is 6.61 Å². The summed E-state index contributed by atoms with van der Waals surface area (Å²) in [6.07, 6.45) is -0.950. The number of alkyl halides is 2. The maximum absolute atomic E-state index is 12.6. The molecule has 1 aromatic rings. The maximum atomic E-state index is 12.6. The summed E-state index contributed by atoms with van der Waals surface area (Å²) in [5.41, 5.74) is -0.574. The maximum Gasteiger partial charge on any atom is 0.280 e. The van der Waals surface area contributed by atoms with Crippen LogP contribution in [-0.2, 0) is 7.05 Å². The zero-order chi connectivity index (χ0) is 14.2. The highest BCUT2D eigenvalue weighted by molar-refractivity contribution is 5.92. The molecule has 0 spiro atoms. The fourth-order valence-electron chi connectivity index (χ4n) is 2.11. The molecule has 2 N–H and O–H groups in total. The Morgan fingerprint density at radius 1 is 1.63 bits per heavy atom. The number of halogens is 2. The van der Waals surface area contributed by atoms with Crippen LogP contribution in [0.4, 0.5) is 8.78 Å². The predicted octanol–water partition coefficient (Wildman–Crippen LogP) is 1.25. The Hall–Kier alpha value is -1.50. The van der Waals surface area contributed by atoms with Crippen LogP contribution < -0.4 is 5.32 Å². The summed E-state index contributed by atoms with van der Waals surface area (Å²) < 4.78 is 26.2. The summed E-state index contributed by atoms with van der Waals surface area (Å²) in [6, 6.07) is 0.882. The molecule has 0 saturated heterocycles. The highest BCUT2D eigenvalue weighted by atomic mass is 19.3. The van der Waals surface area contributed by atoms with Crippen LogP contribution in [-0.4, -0.2) is 33.4 Å². The number of nitrogens with one attached hydrogen (secondary N) is 1. The van der Waals surface area contributed by atoms with Crippen LogP contribution in [0.2, 0.25) is 0 Å². The van der Waals surface area contributed by atoms with E-state index in [1.165, 1.54) is 7.05 Å². The number of nitrogens with zero attached hydrogens (tertiary/aromatic N) is 2. The normalized spacial score (nSPS) is 18.4. The second kappa shape index (κ2) is 4.88. The van der Waals surface area contributed by atoms with Gasteiger partial charge in [0.2, 0.25) is 0 Å². The topological polar surface area (TPSA) is 67.2 Å². The van der Waals surface area contributed by atoms with Gasteiger partial charge in [0.25, 0.3) is 12.3 Å². The van der Waals surface area contributed by atoms with Gasteiger partial charge in [0.15, 0.2) is 5.69 Å². The monoisotopic (exact) mass is 273 g/mol. The number of aryl methyl sites for hydroxylation is 1. The van der Waals surface area contributed by atoms with Gasteiger partial charge in [-0.3, -0.25) is 9.48 Å². The van der Waals surface area contributed by atoms with Crippen molar-refractivity contribution >= 4 is 5.91 Å². The minimum Gasteiger partial charge on any atom is -0.396 e. The number of carbonyl (C=O) groups excluding carboxylic acids is 1. The molecule has 1 aromatic heterocycles. The highest BCUT2D eigenvalue weighted by Crippen LogP contribution is 2.48. The quantitative estimate of drug-likeness (QED) is 0.848. The average Bonchev–Trinajstić information content (AvgIpc) is 3.06. The molecule has 1 aliphatic carbocycles. The molecule has 0 radical (unpaired) electrons. The standard InChI is InChI=1S/C12H17F2N3O2/c1-7(12(6-18)3-4-12)15-11(19)8-5-9(10(13)14)17(2)16-8/h5,7,10,18H,3-4,6H2,1-2H3,(H,15,19). The third kappa shape index (κ3) is 2.60. The summed E-state index contributed by atoms with van der Waals surface area (Å²) >= 11 is 0. The van der Waals surface area contributed by atoms with Crippen LogP contribution >= 0.6 is 0 Å². The molecule has 1 fully saturated rings. The van der Waals surface area contributed by atoms with Crippen molar-refractivity contribution < 1.29 is 18.7 Å². The lowest BCUT2D eigenvalue weighted by molar-refractivity contribution is 0.0894. The first kappa shape index (κ1) is 13.9. The molecular formula is C12H17F2N3O2. The summed E-state index contributed by atoms with van der Waals surface area (Å²) in [7, 11) is 1.37. The first-order valence-electron chi connectivity index (χ1n) is 6.13. The fraction of sp³-hybridized carbons (Fsp3) is 0.667. The Balaban J connectivity index is 2.06. The van der Waals surface area contributed by atoms with Gasteiger partial charge in [0.1, 0.15) is 5.69 Å². The lowest BCUT2D eigenvalue weighted by Crippen LogP contribution is -2.41. The molecule has 7 heteroatoms. The van der Waals surface area contributed by atoms with Crippen LogP contribution in [0.25, 0.3) is 0 Å². The van der Waals surface area contributed by atoms with Gasteiger partial charge >= 0.3 is 0 Å². The number of aliphatic hydroxyl groups excluding tert-OH is 1. The van der Waals surface area contributed by atoms with E-state index in [0.29, 0.717) is 0 Å². The third-order valence-electron chi connectivity index (χ3n) is 3.85. The Labute approximate surface area is 109 Å². The number of hydrogen-bond acceptors (Lipinski definition) is 3. The van der Waals surface area contributed by atoms with E-state index < -0.39 is 12.3 Å². The van der Waals surface area contributed by atoms with Gasteiger partial charge in [-0.05, 0) is 25.8 Å². The zero-order valence-electron chi connectivity index (χ0n) is 10.9. The van der Waals surface area contributed by atoms with Crippen LogP contribution in [0, 0.1) is 5.41 Å². The molecule has 19 heavy (non-hydrogen) atoms. The van der Waals surface area contributed by atoms with Crippen molar-refractivity contribution in [2.24, 2.45) is 12.5 Å². The number of aliphatic hydroxyl groups is 1. The van der Waals surface area contributed by atoms with E-state index in [0.717, 1.165) is 23.6 Å². The molecule has 5 nitrogen and oxygen atoms in total. The van der Waals surface area contributed by atoms with Crippen molar-refractivity contribution in [3.05, 3.63) is 17.5 Å². The average molecular weight is 273 g/mol. The second-order valence-corrected chi connectivity index (χ2v) is 5.09. The van der Waals surface area contributed by atoms with Crippen LogP contribution in [0.1, 0.15) is 42.4 Å². The molecule has 1 amide bonds. The van der Waals surface area contributed by atoms with Crippen molar-refractivity contribution in [2.75, 3.05) is 6.61 Å². The molecule has 0 aromatic carbocycles. The second-order valence-electron chi connectivity index (χ2n) is 5.09. The van der Waals surface area contributed by atoms with Gasteiger partial charge in [-0.15, -0.1) is 0 Å². The molecule has 1 aliphatic rings. The Morgan fingerprint density at radius 2 is 2.26 bits per heavy atom. The van der Waals surface area contributed by atoms with Gasteiger partial charge in [-0.2, -0.15) is 5.10 Å². The molecule has 0 bridgehead atoms. The van der Waals surface area contributed by atoms with Crippen molar-refractivity contribution in [2.45, 2.75) is 32.2 Å². The van der Waals surface area contributed by atoms with E-state index in [2.05, 4.69) is 10.4 Å². The minimum atomic E-state index is -2.66. The molecule has 106 valence electrons. The summed E-state index contributed by atoms with van der Waals surface area (Å²) in [5.74, 6) is -0.491. The number of aromatic nitrogens is 2. The van der Waals surface area contributed by atoms with E-state index in [1.807, 2.05) is 0 Å². The van der Waals surface area contributed by atoms with Crippen molar-refractivity contribution in [3.8, 4) is 0 Å². The fourth-order valence-corrected chi connectivity index (χ4v) is 2.11. The SMILES string of the molecule is CC(NC(=O)c1cc(C(F)F)n(C)n1)C1(CO)CC1. The molecular weight excluding hydrogens is 256 g/mol. The van der Waals surface area contributed by atoms with Crippen molar-refractivity contribution in [3.63, 3.8) is 0 Å². The lowest BCUT2D eigenvalue weighted by Gasteiger charge is -2.21. The molecule has 1 heterocycles. The van der Waals surface area contributed by atoms with Gasteiger partial charge in [-0.25, -0.2) is 8.78 Å². The van der Waals surface area contributed by atoms with E-state index in [1.54, 1.807) is 6.92 Å².